The van der Waals surface area contributed by atoms with E-state index >= 15 is 4.39 Å². The summed E-state index contributed by atoms with van der Waals surface area (Å²) in [5.41, 5.74) is 3.45. The lowest BCUT2D eigenvalue weighted by molar-refractivity contribution is -0.122. The molecule has 0 spiro atoms. The lowest BCUT2D eigenvalue weighted by Crippen LogP contribution is -2.54. The molecule has 2 aliphatic heterocycles. The number of amides is 2. The first-order valence-corrected chi connectivity index (χ1v) is 12.6. The van der Waals surface area contributed by atoms with Gasteiger partial charge in [-0.1, -0.05) is 39.0 Å². The summed E-state index contributed by atoms with van der Waals surface area (Å²) >= 11 is 5.34. The highest BCUT2D eigenvalue weighted by atomic mass is 32.1. The van der Waals surface area contributed by atoms with Gasteiger partial charge in [-0.25, -0.2) is 4.39 Å². The summed E-state index contributed by atoms with van der Waals surface area (Å²) in [7, 11) is 0. The van der Waals surface area contributed by atoms with E-state index in [4.69, 9.17) is 12.2 Å². The molecular formula is C28H32FN3O2S. The summed E-state index contributed by atoms with van der Waals surface area (Å²) in [5, 5.41) is 2.63. The number of halogens is 1. The second-order valence-corrected chi connectivity index (χ2v) is 10.3. The van der Waals surface area contributed by atoms with Gasteiger partial charge >= 0.3 is 0 Å². The van der Waals surface area contributed by atoms with Gasteiger partial charge in [0.25, 0.3) is 11.8 Å². The highest BCUT2D eigenvalue weighted by Gasteiger charge is 2.38. The third-order valence-electron chi connectivity index (χ3n) is 6.97. The average Bonchev–Trinajstić information content (AvgIpc) is 2.79. The molecule has 1 N–H and O–H groups in total. The molecule has 0 saturated carbocycles. The van der Waals surface area contributed by atoms with E-state index in [1.807, 2.05) is 25.1 Å². The lowest BCUT2D eigenvalue weighted by Gasteiger charge is -2.47. The first kappa shape index (κ1) is 25.0. The van der Waals surface area contributed by atoms with Crippen LogP contribution in [0.1, 0.15) is 70.1 Å². The molecule has 1 fully saturated rings. The molecule has 0 aromatic heterocycles. The van der Waals surface area contributed by atoms with Crippen LogP contribution in [0.15, 0.2) is 42.0 Å². The van der Waals surface area contributed by atoms with E-state index in [2.05, 4.69) is 37.9 Å². The van der Waals surface area contributed by atoms with E-state index in [1.54, 1.807) is 18.2 Å². The molecule has 35 heavy (non-hydrogen) atoms. The van der Waals surface area contributed by atoms with Crippen molar-refractivity contribution in [3.8, 4) is 0 Å². The maximum Gasteiger partial charge on any atom is 0.270 e. The molecule has 1 unspecified atom stereocenters. The number of nitrogens with zero attached hydrogens (tertiary/aromatic N) is 2. The normalized spacial score (nSPS) is 20.8. The van der Waals surface area contributed by atoms with Gasteiger partial charge in [0.05, 0.1) is 5.69 Å². The van der Waals surface area contributed by atoms with Crippen LogP contribution in [0.2, 0.25) is 0 Å². The van der Waals surface area contributed by atoms with Crippen LogP contribution in [0.5, 0.6) is 0 Å². The number of carbonyl (C=O) groups is 2. The summed E-state index contributed by atoms with van der Waals surface area (Å²) in [4.78, 5) is 29.9. The van der Waals surface area contributed by atoms with Crippen LogP contribution in [0.3, 0.4) is 0 Å². The van der Waals surface area contributed by atoms with Gasteiger partial charge in [0.2, 0.25) is 0 Å². The molecular weight excluding hydrogens is 461 g/mol. The maximum absolute atomic E-state index is 15.4. The van der Waals surface area contributed by atoms with Crippen molar-refractivity contribution in [2.24, 2.45) is 0 Å². The molecule has 1 saturated heterocycles. The monoisotopic (exact) mass is 493 g/mol. The molecule has 7 heteroatoms. The van der Waals surface area contributed by atoms with Crippen LogP contribution in [-0.2, 0) is 16.0 Å². The Hall–Kier alpha value is -3.06. The second kappa shape index (κ2) is 9.53. The minimum absolute atomic E-state index is 0.0232. The highest BCUT2D eigenvalue weighted by Crippen LogP contribution is 2.44. The zero-order chi connectivity index (χ0) is 25.5. The van der Waals surface area contributed by atoms with Gasteiger partial charge in [-0.3, -0.25) is 19.8 Å². The Kier molecular flexibility index (Phi) is 6.82. The number of anilines is 2. The van der Waals surface area contributed by atoms with Gasteiger partial charge in [-0.05, 0) is 86.6 Å². The number of hydrogen-bond acceptors (Lipinski definition) is 4. The Morgan fingerprint density at radius 3 is 2.57 bits per heavy atom. The van der Waals surface area contributed by atoms with E-state index in [-0.39, 0.29) is 27.7 Å². The summed E-state index contributed by atoms with van der Waals surface area (Å²) in [5.74, 6) is -1.43. The van der Waals surface area contributed by atoms with Crippen LogP contribution in [0.25, 0.3) is 6.08 Å². The molecule has 2 aromatic rings. The number of thiocarbonyl (C=S) groups is 1. The van der Waals surface area contributed by atoms with E-state index in [0.717, 1.165) is 36.2 Å². The number of hydrogen-bond donors (Lipinski definition) is 1. The molecule has 2 amide bonds. The third kappa shape index (κ3) is 4.49. The van der Waals surface area contributed by atoms with Crippen molar-refractivity contribution in [1.29, 1.82) is 0 Å². The zero-order valence-corrected chi connectivity index (χ0v) is 21.8. The Balaban J connectivity index is 1.79. The van der Waals surface area contributed by atoms with Gasteiger partial charge in [0, 0.05) is 23.3 Å². The van der Waals surface area contributed by atoms with Crippen LogP contribution >= 0.6 is 12.2 Å². The Morgan fingerprint density at radius 1 is 1.17 bits per heavy atom. The predicted molar refractivity (Wildman–Crippen MR) is 143 cm³/mol. The number of rotatable bonds is 5. The number of fused-ring (bicyclic) bond motifs is 1. The molecule has 5 nitrogen and oxygen atoms in total. The van der Waals surface area contributed by atoms with Gasteiger partial charge in [-0.2, -0.15) is 0 Å². The summed E-state index contributed by atoms with van der Waals surface area (Å²) in [6.07, 6.45) is 3.93. The Morgan fingerprint density at radius 2 is 1.89 bits per heavy atom. The molecule has 2 heterocycles. The fourth-order valence-corrected chi connectivity index (χ4v) is 5.61. The molecule has 2 aromatic carbocycles. The van der Waals surface area contributed by atoms with Crippen LogP contribution in [0, 0.1) is 5.82 Å². The van der Waals surface area contributed by atoms with Crippen LogP contribution in [-0.4, -0.2) is 29.0 Å². The summed E-state index contributed by atoms with van der Waals surface area (Å²) < 4.78 is 15.4. The van der Waals surface area contributed by atoms with Crippen molar-refractivity contribution in [3.63, 3.8) is 0 Å². The first-order valence-electron chi connectivity index (χ1n) is 12.2. The lowest BCUT2D eigenvalue weighted by atomic mass is 9.79. The topological polar surface area (TPSA) is 52.7 Å². The van der Waals surface area contributed by atoms with Gasteiger partial charge in [0.1, 0.15) is 11.4 Å². The summed E-state index contributed by atoms with van der Waals surface area (Å²) in [6.45, 7) is 11.4. The quantitative estimate of drug-likeness (QED) is 0.329. The molecule has 4 rings (SSSR count). The number of para-hydroxylation sites is 1. The second-order valence-electron chi connectivity index (χ2n) is 9.94. The fraction of sp³-hybridized carbons (Fsp3) is 0.393. The van der Waals surface area contributed by atoms with Crippen molar-refractivity contribution >= 4 is 46.6 Å². The molecule has 1 atom stereocenters. The Bertz CT molecular complexity index is 1240. The zero-order valence-electron chi connectivity index (χ0n) is 20.9. The molecule has 2 aliphatic rings. The van der Waals surface area contributed by atoms with Crippen molar-refractivity contribution in [2.75, 3.05) is 16.3 Å². The van der Waals surface area contributed by atoms with Crippen LogP contribution < -0.4 is 15.1 Å². The first-order chi connectivity index (χ1) is 16.6. The van der Waals surface area contributed by atoms with Crippen molar-refractivity contribution in [2.45, 2.75) is 65.3 Å². The van der Waals surface area contributed by atoms with Crippen molar-refractivity contribution < 1.29 is 14.0 Å². The minimum Gasteiger partial charge on any atom is -0.366 e. The van der Waals surface area contributed by atoms with Crippen molar-refractivity contribution in [3.05, 3.63) is 64.5 Å². The largest absolute Gasteiger partial charge is 0.366 e. The number of nitrogens with one attached hydrogen (secondary N) is 1. The number of aryl methyl sites for hydroxylation is 1. The minimum atomic E-state index is -0.621. The van der Waals surface area contributed by atoms with E-state index in [0.29, 0.717) is 12.1 Å². The van der Waals surface area contributed by atoms with E-state index in [9.17, 15) is 9.59 Å². The predicted octanol–water partition coefficient (Wildman–Crippen LogP) is 5.72. The molecule has 0 aliphatic carbocycles. The molecule has 184 valence electrons. The van der Waals surface area contributed by atoms with Gasteiger partial charge in [0.15, 0.2) is 5.11 Å². The van der Waals surface area contributed by atoms with E-state index in [1.165, 1.54) is 11.0 Å². The highest BCUT2D eigenvalue weighted by molar-refractivity contribution is 7.80. The fourth-order valence-electron chi connectivity index (χ4n) is 5.34. The third-order valence-corrected chi connectivity index (χ3v) is 7.25. The number of carbonyl (C=O) groups excluding carboxylic acids is 2. The Labute approximate surface area is 212 Å². The summed E-state index contributed by atoms with van der Waals surface area (Å²) in [6, 6.07) is 10.8. The van der Waals surface area contributed by atoms with E-state index < -0.39 is 17.6 Å². The van der Waals surface area contributed by atoms with Crippen LogP contribution in [0.4, 0.5) is 15.8 Å². The van der Waals surface area contributed by atoms with Gasteiger partial charge in [-0.15, -0.1) is 0 Å². The van der Waals surface area contributed by atoms with Gasteiger partial charge < -0.3 is 4.90 Å². The smallest absolute Gasteiger partial charge is 0.270 e. The number of benzene rings is 2. The standard InChI is InChI=1S/C28H32FN3O2S/c1-6-12-31-24-15-22(29)19(13-20(24)17(3)16-28(31,4)5)14-21-25(33)30-27(35)32(26(21)34)23-11-9-8-10-18(23)7-2/h8-11,13-15,17H,6-7,12,16H2,1-5H3,(H,30,33,35)/b21-14-. The molecule has 0 radical (unpaired) electrons. The average molecular weight is 494 g/mol. The SMILES string of the molecule is CCCN1c2cc(F)c(/C=C3/C(=O)NC(=S)N(c4ccccc4CC)C3=O)cc2C(C)CC1(C)C. The molecule has 0 bridgehead atoms. The maximum atomic E-state index is 15.4. The van der Waals surface area contributed by atoms with Crippen molar-refractivity contribution in [1.82, 2.24) is 5.32 Å².